The minimum absolute atomic E-state index is 0.204. The Morgan fingerprint density at radius 1 is 1.12 bits per heavy atom. The molecule has 1 aliphatic heterocycles. The average molecular weight is 323 g/mol. The van der Waals surface area contributed by atoms with Crippen LogP contribution in [0.4, 0.5) is 0 Å². The predicted octanol–water partition coefficient (Wildman–Crippen LogP) is 3.59. The molecule has 0 amide bonds. The molecular weight excluding hydrogens is 302 g/mol. The fraction of sp³-hybridized carbons (Fsp3) is 0.389. The number of fused-ring (bicyclic) bond motifs is 1. The fourth-order valence-corrected chi connectivity index (χ4v) is 3.75. The number of aromatic nitrogens is 3. The maximum Gasteiger partial charge on any atom is 0.141 e. The Labute approximate surface area is 140 Å². The molecule has 2 N–H and O–H groups in total. The zero-order chi connectivity index (χ0) is 17.0. The van der Waals surface area contributed by atoms with E-state index < -0.39 is 0 Å². The molecule has 24 heavy (non-hydrogen) atoms. The first kappa shape index (κ1) is 14.9. The van der Waals surface area contributed by atoms with Crippen molar-refractivity contribution >= 4 is 16.7 Å². The summed E-state index contributed by atoms with van der Waals surface area (Å²) in [4.78, 5) is 8.09. The lowest BCUT2D eigenvalue weighted by Crippen LogP contribution is -2.24. The standard InChI is InChI=1S/C18H21N5O/c1-8-16(9(2)22-21-8)14-6-13(17-10(3)23-24-11(17)4)7-15-18(14)20-12(5)19-15/h6-8,16,21H,1-5H3,(H,19,20). The summed E-state index contributed by atoms with van der Waals surface area (Å²) >= 11 is 0. The van der Waals surface area contributed by atoms with Gasteiger partial charge < -0.3 is 14.9 Å². The summed E-state index contributed by atoms with van der Waals surface area (Å²) in [5, 5.41) is 8.51. The zero-order valence-corrected chi connectivity index (χ0v) is 14.6. The third-order valence-electron chi connectivity index (χ3n) is 4.79. The van der Waals surface area contributed by atoms with E-state index in [1.54, 1.807) is 0 Å². The molecule has 4 rings (SSSR count). The molecule has 2 aromatic heterocycles. The Bertz CT molecular complexity index is 946. The smallest absolute Gasteiger partial charge is 0.141 e. The largest absolute Gasteiger partial charge is 0.361 e. The minimum Gasteiger partial charge on any atom is -0.361 e. The summed E-state index contributed by atoms with van der Waals surface area (Å²) in [6.45, 7) is 10.1. The highest BCUT2D eigenvalue weighted by atomic mass is 16.5. The zero-order valence-electron chi connectivity index (χ0n) is 14.6. The van der Waals surface area contributed by atoms with Crippen LogP contribution in [0.3, 0.4) is 0 Å². The summed E-state index contributed by atoms with van der Waals surface area (Å²) in [7, 11) is 0. The van der Waals surface area contributed by atoms with Crippen LogP contribution in [0, 0.1) is 20.8 Å². The molecule has 2 atom stereocenters. The van der Waals surface area contributed by atoms with E-state index in [0.29, 0.717) is 0 Å². The number of hydrogen-bond acceptors (Lipinski definition) is 5. The quantitative estimate of drug-likeness (QED) is 0.755. The normalized spacial score (nSPS) is 20.5. The summed E-state index contributed by atoms with van der Waals surface area (Å²) in [6, 6.07) is 4.58. The van der Waals surface area contributed by atoms with Crippen molar-refractivity contribution in [2.75, 3.05) is 0 Å². The van der Waals surface area contributed by atoms with Gasteiger partial charge in [0.25, 0.3) is 0 Å². The van der Waals surface area contributed by atoms with Crippen molar-refractivity contribution < 1.29 is 4.52 Å². The molecule has 0 aliphatic carbocycles. The third-order valence-corrected chi connectivity index (χ3v) is 4.79. The first-order chi connectivity index (χ1) is 11.5. The number of aromatic amines is 1. The summed E-state index contributed by atoms with van der Waals surface area (Å²) < 4.78 is 5.36. The second kappa shape index (κ2) is 5.19. The number of imidazole rings is 1. The summed E-state index contributed by atoms with van der Waals surface area (Å²) in [6.07, 6.45) is 0. The van der Waals surface area contributed by atoms with E-state index in [4.69, 9.17) is 9.51 Å². The topological polar surface area (TPSA) is 79.1 Å². The number of hydrazone groups is 1. The van der Waals surface area contributed by atoms with Gasteiger partial charge in [-0.2, -0.15) is 5.10 Å². The van der Waals surface area contributed by atoms with Gasteiger partial charge in [-0.05, 0) is 57.9 Å². The van der Waals surface area contributed by atoms with Crippen LogP contribution in [0.5, 0.6) is 0 Å². The lowest BCUT2D eigenvalue weighted by atomic mass is 9.87. The van der Waals surface area contributed by atoms with Gasteiger partial charge in [-0.25, -0.2) is 4.98 Å². The van der Waals surface area contributed by atoms with Crippen molar-refractivity contribution in [3.05, 3.63) is 35.0 Å². The number of aryl methyl sites for hydroxylation is 3. The highest BCUT2D eigenvalue weighted by Gasteiger charge is 2.30. The summed E-state index contributed by atoms with van der Waals surface area (Å²) in [5.74, 6) is 1.95. The number of hydrogen-bond donors (Lipinski definition) is 2. The maximum absolute atomic E-state index is 5.36. The van der Waals surface area contributed by atoms with E-state index in [9.17, 15) is 0 Å². The average Bonchev–Trinajstić information content (AvgIpc) is 3.16. The maximum atomic E-state index is 5.36. The predicted molar refractivity (Wildman–Crippen MR) is 94.2 cm³/mol. The Balaban J connectivity index is 2.00. The minimum atomic E-state index is 0.204. The van der Waals surface area contributed by atoms with Gasteiger partial charge >= 0.3 is 0 Å². The first-order valence-electron chi connectivity index (χ1n) is 8.19. The Morgan fingerprint density at radius 3 is 2.54 bits per heavy atom. The highest BCUT2D eigenvalue weighted by molar-refractivity contribution is 5.96. The van der Waals surface area contributed by atoms with Gasteiger partial charge in [0.15, 0.2) is 0 Å². The lowest BCUT2D eigenvalue weighted by molar-refractivity contribution is 0.393. The van der Waals surface area contributed by atoms with Crippen molar-refractivity contribution in [3.63, 3.8) is 0 Å². The molecule has 124 valence electrons. The van der Waals surface area contributed by atoms with Crippen LogP contribution < -0.4 is 5.43 Å². The van der Waals surface area contributed by atoms with Crippen LogP contribution in [0.25, 0.3) is 22.2 Å². The second-order valence-corrected chi connectivity index (χ2v) is 6.63. The number of rotatable bonds is 2. The molecule has 2 unspecified atom stereocenters. The van der Waals surface area contributed by atoms with Crippen molar-refractivity contribution in [2.45, 2.75) is 46.6 Å². The van der Waals surface area contributed by atoms with Crippen LogP contribution in [-0.2, 0) is 0 Å². The van der Waals surface area contributed by atoms with Gasteiger partial charge in [0.05, 0.1) is 22.8 Å². The molecule has 1 aromatic carbocycles. The molecule has 0 spiro atoms. The van der Waals surface area contributed by atoms with Crippen molar-refractivity contribution in [1.82, 2.24) is 20.6 Å². The van der Waals surface area contributed by atoms with Gasteiger partial charge in [0.1, 0.15) is 11.6 Å². The van der Waals surface area contributed by atoms with Gasteiger partial charge in [-0.3, -0.25) is 0 Å². The number of nitrogens with one attached hydrogen (secondary N) is 2. The number of nitrogens with zero attached hydrogens (tertiary/aromatic N) is 3. The number of benzene rings is 1. The SMILES string of the molecule is CC1=NNC(C)C1c1cc(-c2c(C)noc2C)cc2[nH]c(C)nc12. The highest BCUT2D eigenvalue weighted by Crippen LogP contribution is 2.36. The number of H-pyrrole nitrogens is 1. The van der Waals surface area contributed by atoms with E-state index in [0.717, 1.165) is 45.2 Å². The van der Waals surface area contributed by atoms with Crippen LogP contribution in [0.1, 0.15) is 42.6 Å². The Hall–Kier alpha value is -2.63. The van der Waals surface area contributed by atoms with E-state index in [2.05, 4.69) is 46.6 Å². The molecule has 0 radical (unpaired) electrons. The van der Waals surface area contributed by atoms with Crippen LogP contribution in [0.2, 0.25) is 0 Å². The molecule has 6 nitrogen and oxygen atoms in total. The van der Waals surface area contributed by atoms with E-state index >= 15 is 0 Å². The van der Waals surface area contributed by atoms with Crippen LogP contribution in [0.15, 0.2) is 21.8 Å². The molecule has 0 fully saturated rings. The summed E-state index contributed by atoms with van der Waals surface area (Å²) in [5.41, 5.74) is 10.6. The van der Waals surface area contributed by atoms with Gasteiger partial charge in [-0.15, -0.1) is 0 Å². The first-order valence-corrected chi connectivity index (χ1v) is 8.19. The third kappa shape index (κ3) is 2.13. The second-order valence-electron chi connectivity index (χ2n) is 6.63. The Kier molecular flexibility index (Phi) is 3.23. The van der Waals surface area contributed by atoms with E-state index in [1.807, 2.05) is 20.8 Å². The van der Waals surface area contributed by atoms with Gasteiger partial charge in [0.2, 0.25) is 0 Å². The van der Waals surface area contributed by atoms with E-state index in [1.165, 1.54) is 5.56 Å². The molecule has 3 heterocycles. The van der Waals surface area contributed by atoms with Gasteiger partial charge in [-0.1, -0.05) is 5.16 Å². The Morgan fingerprint density at radius 2 is 1.92 bits per heavy atom. The van der Waals surface area contributed by atoms with Crippen molar-refractivity contribution in [3.8, 4) is 11.1 Å². The molecule has 6 heteroatoms. The van der Waals surface area contributed by atoms with E-state index in [-0.39, 0.29) is 12.0 Å². The molecule has 0 saturated carbocycles. The molecule has 3 aromatic rings. The molecule has 0 bridgehead atoms. The van der Waals surface area contributed by atoms with Crippen molar-refractivity contribution in [2.24, 2.45) is 5.10 Å². The monoisotopic (exact) mass is 323 g/mol. The molecule has 0 saturated heterocycles. The molecular formula is C18H21N5O. The van der Waals surface area contributed by atoms with Crippen LogP contribution in [-0.4, -0.2) is 26.9 Å². The van der Waals surface area contributed by atoms with Crippen molar-refractivity contribution in [1.29, 1.82) is 0 Å². The molecule has 1 aliphatic rings. The van der Waals surface area contributed by atoms with Gasteiger partial charge in [0, 0.05) is 17.2 Å². The fourth-order valence-electron chi connectivity index (χ4n) is 3.75. The van der Waals surface area contributed by atoms with Crippen LogP contribution >= 0.6 is 0 Å². The lowest BCUT2D eigenvalue weighted by Gasteiger charge is -2.18.